The summed E-state index contributed by atoms with van der Waals surface area (Å²) in [5, 5.41) is 0.483. The molecular formula is C33H35NO5. The third-order valence-electron chi connectivity index (χ3n) is 7.37. The van der Waals surface area contributed by atoms with Crippen LogP contribution in [0.4, 0.5) is 0 Å². The Hall–Kier alpha value is -4.06. The van der Waals surface area contributed by atoms with Gasteiger partial charge in [-0.2, -0.15) is 0 Å². The number of carbonyl (C=O) groups is 1. The molecular weight excluding hydrogens is 490 g/mol. The van der Waals surface area contributed by atoms with Crippen molar-refractivity contribution < 1.29 is 18.7 Å². The maximum Gasteiger partial charge on any atom is 0.291 e. The monoisotopic (exact) mass is 525 g/mol. The Morgan fingerprint density at radius 2 is 1.64 bits per heavy atom. The maximum absolute atomic E-state index is 14.0. The van der Waals surface area contributed by atoms with Crippen LogP contribution in [0.5, 0.6) is 11.5 Å². The summed E-state index contributed by atoms with van der Waals surface area (Å²) in [5.74, 6) is 1.07. The van der Waals surface area contributed by atoms with Gasteiger partial charge in [-0.05, 0) is 73.7 Å². The normalized spacial score (nSPS) is 14.6. The second-order valence-corrected chi connectivity index (χ2v) is 10.1. The largest absolute Gasteiger partial charge is 0.490 e. The number of hydrogen-bond donors (Lipinski definition) is 0. The van der Waals surface area contributed by atoms with Crippen molar-refractivity contribution in [3.8, 4) is 11.5 Å². The van der Waals surface area contributed by atoms with E-state index < -0.39 is 6.04 Å². The van der Waals surface area contributed by atoms with Gasteiger partial charge in [0.1, 0.15) is 5.58 Å². The Labute approximate surface area is 229 Å². The van der Waals surface area contributed by atoms with Crippen LogP contribution in [0.2, 0.25) is 0 Å². The van der Waals surface area contributed by atoms with Crippen LogP contribution in [-0.4, -0.2) is 24.0 Å². The SMILES string of the molecule is CCCCCOc1ccc(C2c3c(oc4cc(C)c(C)cc4c3=O)C(=O)N2Cc2ccccc2)cc1OCC. The highest BCUT2D eigenvalue weighted by atomic mass is 16.5. The maximum atomic E-state index is 14.0. The molecule has 2 heterocycles. The number of amides is 1. The summed E-state index contributed by atoms with van der Waals surface area (Å²) in [7, 11) is 0. The van der Waals surface area contributed by atoms with E-state index in [-0.39, 0.29) is 17.1 Å². The first-order chi connectivity index (χ1) is 18.9. The summed E-state index contributed by atoms with van der Waals surface area (Å²) < 4.78 is 18.2. The highest BCUT2D eigenvalue weighted by Gasteiger charge is 2.43. The average molecular weight is 526 g/mol. The molecule has 6 heteroatoms. The molecule has 0 saturated carbocycles. The summed E-state index contributed by atoms with van der Waals surface area (Å²) in [5.41, 5.74) is 4.36. The molecule has 5 rings (SSSR count). The van der Waals surface area contributed by atoms with Gasteiger partial charge in [0.25, 0.3) is 5.91 Å². The van der Waals surface area contributed by atoms with Gasteiger partial charge in [0.05, 0.1) is 30.2 Å². The Balaban J connectivity index is 1.64. The minimum atomic E-state index is -0.622. The van der Waals surface area contributed by atoms with Gasteiger partial charge in [0.15, 0.2) is 16.9 Å². The van der Waals surface area contributed by atoms with E-state index in [1.54, 1.807) is 4.90 Å². The molecule has 0 N–H and O–H groups in total. The van der Waals surface area contributed by atoms with Crippen molar-refractivity contribution in [2.24, 2.45) is 0 Å². The predicted molar refractivity (Wildman–Crippen MR) is 153 cm³/mol. The fourth-order valence-corrected chi connectivity index (χ4v) is 5.18. The summed E-state index contributed by atoms with van der Waals surface area (Å²) in [6.07, 6.45) is 3.18. The van der Waals surface area contributed by atoms with Crippen molar-refractivity contribution in [1.82, 2.24) is 4.90 Å². The molecule has 0 fully saturated rings. The first kappa shape index (κ1) is 26.5. The van der Waals surface area contributed by atoms with Gasteiger partial charge < -0.3 is 18.8 Å². The van der Waals surface area contributed by atoms with E-state index in [9.17, 15) is 9.59 Å². The minimum absolute atomic E-state index is 0.106. The number of unbranched alkanes of at least 4 members (excludes halogenated alkanes) is 2. The van der Waals surface area contributed by atoms with E-state index in [0.717, 1.165) is 41.5 Å². The second kappa shape index (κ2) is 11.4. The van der Waals surface area contributed by atoms with E-state index in [2.05, 4.69) is 6.92 Å². The van der Waals surface area contributed by atoms with Gasteiger partial charge in [-0.15, -0.1) is 0 Å². The lowest BCUT2D eigenvalue weighted by atomic mass is 9.97. The summed E-state index contributed by atoms with van der Waals surface area (Å²) in [6.45, 7) is 9.43. The van der Waals surface area contributed by atoms with Crippen LogP contribution in [0.1, 0.15) is 77.5 Å². The number of ether oxygens (including phenoxy) is 2. The Kier molecular flexibility index (Phi) is 7.73. The number of fused-ring (bicyclic) bond motifs is 2. The third kappa shape index (κ3) is 5.16. The first-order valence-corrected chi connectivity index (χ1v) is 13.7. The van der Waals surface area contributed by atoms with E-state index in [4.69, 9.17) is 13.9 Å². The summed E-state index contributed by atoms with van der Waals surface area (Å²) in [4.78, 5) is 29.6. The van der Waals surface area contributed by atoms with Crippen LogP contribution in [-0.2, 0) is 6.54 Å². The molecule has 39 heavy (non-hydrogen) atoms. The Morgan fingerprint density at radius 1 is 0.872 bits per heavy atom. The molecule has 0 radical (unpaired) electrons. The molecule has 4 aromatic rings. The molecule has 1 aliphatic heterocycles. The lowest BCUT2D eigenvalue weighted by Gasteiger charge is -2.26. The summed E-state index contributed by atoms with van der Waals surface area (Å²) in [6, 6.07) is 18.6. The van der Waals surface area contributed by atoms with Crippen molar-refractivity contribution in [2.45, 2.75) is 59.5 Å². The van der Waals surface area contributed by atoms with Crippen LogP contribution >= 0.6 is 0 Å². The van der Waals surface area contributed by atoms with Crippen molar-refractivity contribution >= 4 is 16.9 Å². The van der Waals surface area contributed by atoms with E-state index in [0.29, 0.717) is 47.8 Å². The number of rotatable bonds is 10. The Morgan fingerprint density at radius 3 is 2.38 bits per heavy atom. The molecule has 0 spiro atoms. The lowest BCUT2D eigenvalue weighted by molar-refractivity contribution is 0.0714. The highest BCUT2D eigenvalue weighted by molar-refractivity contribution is 5.99. The van der Waals surface area contributed by atoms with Crippen LogP contribution in [0, 0.1) is 13.8 Å². The molecule has 0 saturated heterocycles. The van der Waals surface area contributed by atoms with Gasteiger partial charge in [-0.3, -0.25) is 9.59 Å². The van der Waals surface area contributed by atoms with Crippen LogP contribution < -0.4 is 14.9 Å². The molecule has 1 amide bonds. The zero-order valence-electron chi connectivity index (χ0n) is 23.1. The quantitative estimate of drug-likeness (QED) is 0.206. The molecule has 1 aliphatic rings. The third-order valence-corrected chi connectivity index (χ3v) is 7.37. The standard InChI is InChI=1S/C33H35NO5/c1-5-7-11-16-38-26-15-14-24(19-28(26)37-6-2)30-29-31(35)25-17-21(3)22(4)18-27(25)39-32(29)33(36)34(30)20-23-12-9-8-10-13-23/h8-10,12-15,17-19,30H,5-7,11,16,20H2,1-4H3. The van der Waals surface area contributed by atoms with Crippen LogP contribution in [0.15, 0.2) is 69.9 Å². The molecule has 0 bridgehead atoms. The average Bonchev–Trinajstić information content (AvgIpc) is 3.20. The zero-order valence-corrected chi connectivity index (χ0v) is 23.1. The number of nitrogens with zero attached hydrogens (tertiary/aromatic N) is 1. The molecule has 1 unspecified atom stereocenters. The van der Waals surface area contributed by atoms with Gasteiger partial charge in [0.2, 0.25) is 5.76 Å². The van der Waals surface area contributed by atoms with E-state index in [1.165, 1.54) is 0 Å². The topological polar surface area (TPSA) is 69.0 Å². The number of benzene rings is 3. The highest BCUT2D eigenvalue weighted by Crippen LogP contribution is 2.42. The van der Waals surface area contributed by atoms with Crippen molar-refractivity contribution in [3.63, 3.8) is 0 Å². The number of hydrogen-bond acceptors (Lipinski definition) is 5. The van der Waals surface area contributed by atoms with E-state index in [1.807, 2.05) is 81.4 Å². The summed E-state index contributed by atoms with van der Waals surface area (Å²) >= 11 is 0. The lowest BCUT2D eigenvalue weighted by Crippen LogP contribution is -2.29. The van der Waals surface area contributed by atoms with Crippen molar-refractivity contribution in [1.29, 1.82) is 0 Å². The number of carbonyl (C=O) groups excluding carboxylic acids is 1. The Bertz CT molecular complexity index is 1560. The van der Waals surface area contributed by atoms with Gasteiger partial charge >= 0.3 is 0 Å². The minimum Gasteiger partial charge on any atom is -0.490 e. The smallest absolute Gasteiger partial charge is 0.291 e. The van der Waals surface area contributed by atoms with Gasteiger partial charge in [-0.1, -0.05) is 56.2 Å². The zero-order chi connectivity index (χ0) is 27.5. The van der Waals surface area contributed by atoms with Crippen molar-refractivity contribution in [3.05, 3.63) is 104 Å². The van der Waals surface area contributed by atoms with Gasteiger partial charge in [-0.25, -0.2) is 0 Å². The fraction of sp³-hybridized carbons (Fsp3) is 0.333. The molecule has 0 aliphatic carbocycles. The van der Waals surface area contributed by atoms with Crippen LogP contribution in [0.3, 0.4) is 0 Å². The number of aryl methyl sites for hydroxylation is 2. The first-order valence-electron chi connectivity index (χ1n) is 13.7. The molecule has 3 aromatic carbocycles. The molecule has 1 aromatic heterocycles. The van der Waals surface area contributed by atoms with Gasteiger partial charge in [0, 0.05) is 6.54 Å². The van der Waals surface area contributed by atoms with E-state index >= 15 is 0 Å². The van der Waals surface area contributed by atoms with Crippen LogP contribution in [0.25, 0.3) is 11.0 Å². The second-order valence-electron chi connectivity index (χ2n) is 10.1. The fourth-order valence-electron chi connectivity index (χ4n) is 5.18. The molecule has 1 atom stereocenters. The van der Waals surface area contributed by atoms with Crippen molar-refractivity contribution in [2.75, 3.05) is 13.2 Å². The molecule has 6 nitrogen and oxygen atoms in total. The predicted octanol–water partition coefficient (Wildman–Crippen LogP) is 7.12. The molecule has 202 valence electrons.